The molecular formula is C18H19ClN4O2. The van der Waals surface area contributed by atoms with Gasteiger partial charge in [-0.15, -0.1) is 0 Å². The molecule has 4 rings (SSSR count). The summed E-state index contributed by atoms with van der Waals surface area (Å²) < 4.78 is 1.76. The number of nitrogens with zero attached hydrogens (tertiary/aromatic N) is 3. The van der Waals surface area contributed by atoms with Crippen LogP contribution in [0.25, 0.3) is 0 Å². The molecule has 2 N–H and O–H groups in total. The molecule has 1 aromatic heterocycles. The maximum Gasteiger partial charge on any atom is 0.226 e. The SMILES string of the molecule is O=C1CCCC2=C1C(c1ccccc1Cl)n1nc(CCCO)nc1N2. The van der Waals surface area contributed by atoms with Crippen LogP contribution in [0.15, 0.2) is 35.5 Å². The first-order valence-electron chi connectivity index (χ1n) is 8.53. The topological polar surface area (TPSA) is 80.0 Å². The number of halogens is 1. The number of allylic oxidation sites excluding steroid dienone is 2. The highest BCUT2D eigenvalue weighted by Gasteiger charge is 2.37. The number of ketones is 1. The second-order valence-corrected chi connectivity index (χ2v) is 6.75. The van der Waals surface area contributed by atoms with Gasteiger partial charge in [0.2, 0.25) is 5.95 Å². The fourth-order valence-corrected chi connectivity index (χ4v) is 3.77. The van der Waals surface area contributed by atoms with Gasteiger partial charge < -0.3 is 10.4 Å². The largest absolute Gasteiger partial charge is 0.396 e. The Balaban J connectivity index is 1.85. The minimum absolute atomic E-state index is 0.0957. The summed E-state index contributed by atoms with van der Waals surface area (Å²) in [7, 11) is 0. The Bertz CT molecular complexity index is 859. The predicted molar refractivity (Wildman–Crippen MR) is 94.5 cm³/mol. The van der Waals surface area contributed by atoms with Gasteiger partial charge in [-0.25, -0.2) is 4.68 Å². The molecule has 0 bridgehead atoms. The van der Waals surface area contributed by atoms with Crippen molar-refractivity contribution < 1.29 is 9.90 Å². The van der Waals surface area contributed by atoms with Crippen LogP contribution in [0, 0.1) is 0 Å². The van der Waals surface area contributed by atoms with Gasteiger partial charge in [-0.05, 0) is 25.3 Å². The molecule has 1 aliphatic heterocycles. The summed E-state index contributed by atoms with van der Waals surface area (Å²) in [6.45, 7) is 0.0957. The third-order valence-electron chi connectivity index (χ3n) is 4.67. The highest BCUT2D eigenvalue weighted by atomic mass is 35.5. The second-order valence-electron chi connectivity index (χ2n) is 6.34. The number of aryl methyl sites for hydroxylation is 1. The van der Waals surface area contributed by atoms with Gasteiger partial charge in [0.25, 0.3) is 0 Å². The number of carbonyl (C=O) groups is 1. The zero-order chi connectivity index (χ0) is 17.4. The van der Waals surface area contributed by atoms with Crippen LogP contribution in [0.2, 0.25) is 5.02 Å². The summed E-state index contributed by atoms with van der Waals surface area (Å²) in [5.41, 5.74) is 2.52. The lowest BCUT2D eigenvalue weighted by molar-refractivity contribution is -0.116. The monoisotopic (exact) mass is 358 g/mol. The van der Waals surface area contributed by atoms with Crippen LogP contribution in [0.1, 0.15) is 43.1 Å². The van der Waals surface area contributed by atoms with Crippen molar-refractivity contribution in [3.05, 3.63) is 51.9 Å². The van der Waals surface area contributed by atoms with Gasteiger partial charge in [-0.1, -0.05) is 29.8 Å². The molecule has 0 radical (unpaired) electrons. The number of fused-ring (bicyclic) bond motifs is 1. The van der Waals surface area contributed by atoms with Crippen LogP contribution >= 0.6 is 11.6 Å². The normalized spacial score (nSPS) is 19.4. The molecule has 1 aliphatic carbocycles. The minimum Gasteiger partial charge on any atom is -0.396 e. The number of benzene rings is 1. The standard InChI is InChI=1S/C18H19ClN4O2/c19-12-6-2-1-5-11(12)17-16-13(7-3-8-14(16)25)20-18-21-15(9-4-10-24)22-23(17)18/h1-2,5-6,17,24H,3-4,7-10H2,(H,20,21,22). The van der Waals surface area contributed by atoms with Crippen LogP contribution < -0.4 is 5.32 Å². The number of carbonyl (C=O) groups excluding carboxylic acids is 1. The zero-order valence-electron chi connectivity index (χ0n) is 13.7. The molecule has 25 heavy (non-hydrogen) atoms. The molecule has 130 valence electrons. The molecule has 7 heteroatoms. The van der Waals surface area contributed by atoms with E-state index in [0.717, 1.165) is 29.7 Å². The van der Waals surface area contributed by atoms with Gasteiger partial charge in [0.05, 0.1) is 0 Å². The summed E-state index contributed by atoms with van der Waals surface area (Å²) in [6.07, 6.45) is 3.40. The molecule has 1 aromatic carbocycles. The third kappa shape index (κ3) is 2.85. The maximum atomic E-state index is 12.7. The van der Waals surface area contributed by atoms with Gasteiger partial charge >= 0.3 is 0 Å². The fourth-order valence-electron chi connectivity index (χ4n) is 3.53. The molecule has 0 amide bonds. The molecule has 0 saturated heterocycles. The van der Waals surface area contributed by atoms with E-state index in [2.05, 4.69) is 15.4 Å². The molecule has 2 aromatic rings. The van der Waals surface area contributed by atoms with Crippen molar-refractivity contribution in [1.82, 2.24) is 14.8 Å². The van der Waals surface area contributed by atoms with E-state index in [1.54, 1.807) is 4.68 Å². The molecule has 1 unspecified atom stereocenters. The summed E-state index contributed by atoms with van der Waals surface area (Å²) in [5.74, 6) is 1.42. The Hall–Kier alpha value is -2.18. The smallest absolute Gasteiger partial charge is 0.226 e. The van der Waals surface area contributed by atoms with Crippen molar-refractivity contribution in [3.8, 4) is 0 Å². The van der Waals surface area contributed by atoms with Crippen molar-refractivity contribution in [2.75, 3.05) is 11.9 Å². The summed E-state index contributed by atoms with van der Waals surface area (Å²) in [5, 5.41) is 17.5. The van der Waals surface area contributed by atoms with Crippen molar-refractivity contribution in [1.29, 1.82) is 0 Å². The minimum atomic E-state index is -0.358. The van der Waals surface area contributed by atoms with E-state index in [9.17, 15) is 4.79 Å². The van der Waals surface area contributed by atoms with Gasteiger partial charge in [0.15, 0.2) is 11.6 Å². The molecular weight excluding hydrogens is 340 g/mol. The number of Topliss-reactive ketones (excluding diaryl/α,β-unsaturated/α-hetero) is 1. The van der Waals surface area contributed by atoms with E-state index >= 15 is 0 Å². The number of hydrogen-bond acceptors (Lipinski definition) is 5. The Labute approximate surface area is 150 Å². The number of aliphatic hydroxyl groups is 1. The Morgan fingerprint density at radius 3 is 2.96 bits per heavy atom. The maximum absolute atomic E-state index is 12.7. The third-order valence-corrected chi connectivity index (χ3v) is 5.01. The Morgan fingerprint density at radius 1 is 1.32 bits per heavy atom. The van der Waals surface area contributed by atoms with E-state index in [-0.39, 0.29) is 18.4 Å². The van der Waals surface area contributed by atoms with Crippen molar-refractivity contribution in [2.45, 2.75) is 38.1 Å². The van der Waals surface area contributed by atoms with Crippen LogP contribution in [0.5, 0.6) is 0 Å². The van der Waals surface area contributed by atoms with E-state index in [1.165, 1.54) is 0 Å². The molecule has 2 aliphatic rings. The lowest BCUT2D eigenvalue weighted by Gasteiger charge is -2.32. The quantitative estimate of drug-likeness (QED) is 0.878. The van der Waals surface area contributed by atoms with E-state index < -0.39 is 0 Å². The second kappa shape index (κ2) is 6.61. The molecule has 6 nitrogen and oxygen atoms in total. The van der Waals surface area contributed by atoms with Gasteiger partial charge in [-0.3, -0.25) is 4.79 Å². The highest BCUT2D eigenvalue weighted by molar-refractivity contribution is 6.31. The predicted octanol–water partition coefficient (Wildman–Crippen LogP) is 2.88. The zero-order valence-corrected chi connectivity index (χ0v) is 14.5. The van der Waals surface area contributed by atoms with Crippen LogP contribution in [-0.2, 0) is 11.2 Å². The first-order chi connectivity index (χ1) is 12.2. The number of aliphatic hydroxyl groups excluding tert-OH is 1. The first kappa shape index (κ1) is 16.3. The van der Waals surface area contributed by atoms with E-state index in [1.807, 2.05) is 24.3 Å². The van der Waals surface area contributed by atoms with Crippen molar-refractivity contribution in [2.24, 2.45) is 0 Å². The van der Waals surface area contributed by atoms with Crippen molar-refractivity contribution in [3.63, 3.8) is 0 Å². The lowest BCUT2D eigenvalue weighted by atomic mass is 9.85. The van der Waals surface area contributed by atoms with Gasteiger partial charge in [0, 0.05) is 41.3 Å². The van der Waals surface area contributed by atoms with Gasteiger partial charge in [0.1, 0.15) is 6.04 Å². The average Bonchev–Trinajstić information content (AvgIpc) is 3.01. The molecule has 0 saturated carbocycles. The van der Waals surface area contributed by atoms with Crippen LogP contribution in [-0.4, -0.2) is 32.3 Å². The summed E-state index contributed by atoms with van der Waals surface area (Å²) in [4.78, 5) is 17.2. The molecule has 1 atom stereocenters. The number of aromatic nitrogens is 3. The number of anilines is 1. The molecule has 0 fully saturated rings. The summed E-state index contributed by atoms with van der Waals surface area (Å²) in [6, 6.07) is 7.20. The lowest BCUT2D eigenvalue weighted by Crippen LogP contribution is -2.31. The summed E-state index contributed by atoms with van der Waals surface area (Å²) >= 11 is 6.44. The van der Waals surface area contributed by atoms with Crippen LogP contribution in [0.3, 0.4) is 0 Å². The fraction of sp³-hybridized carbons (Fsp3) is 0.389. The first-order valence-corrected chi connectivity index (χ1v) is 8.91. The van der Waals surface area contributed by atoms with Gasteiger partial charge in [-0.2, -0.15) is 10.1 Å². The number of rotatable bonds is 4. The highest BCUT2D eigenvalue weighted by Crippen LogP contribution is 2.41. The Kier molecular flexibility index (Phi) is 4.31. The number of nitrogens with one attached hydrogen (secondary N) is 1. The average molecular weight is 359 g/mol. The molecule has 2 heterocycles. The van der Waals surface area contributed by atoms with Crippen LogP contribution in [0.4, 0.5) is 5.95 Å². The van der Waals surface area contributed by atoms with E-state index in [0.29, 0.717) is 36.1 Å². The van der Waals surface area contributed by atoms with E-state index in [4.69, 9.17) is 16.7 Å². The molecule has 0 spiro atoms. The Morgan fingerprint density at radius 2 is 2.16 bits per heavy atom. The number of hydrogen-bond donors (Lipinski definition) is 2. The van der Waals surface area contributed by atoms with Crippen molar-refractivity contribution >= 4 is 23.3 Å².